The van der Waals surface area contributed by atoms with Gasteiger partial charge in [0.05, 0.1) is 13.1 Å². The predicted molar refractivity (Wildman–Crippen MR) is 163 cm³/mol. The molecule has 0 saturated carbocycles. The first-order valence-electron chi connectivity index (χ1n) is 13.6. The van der Waals surface area contributed by atoms with Crippen LogP contribution in [0.15, 0.2) is 96.1 Å². The molecule has 1 atom stereocenters. The van der Waals surface area contributed by atoms with Crippen molar-refractivity contribution in [1.82, 2.24) is 10.1 Å². The number of carboxylic acids is 1. The fourth-order valence-electron chi connectivity index (χ4n) is 4.48. The first-order chi connectivity index (χ1) is 19.5. The molecule has 8 heteroatoms. The summed E-state index contributed by atoms with van der Waals surface area (Å²) in [5, 5.41) is 16.3. The Kier molecular flexibility index (Phi) is 15.1. The van der Waals surface area contributed by atoms with Gasteiger partial charge in [-0.1, -0.05) is 97.9 Å². The van der Waals surface area contributed by atoms with Crippen LogP contribution in [0.3, 0.4) is 0 Å². The monoisotopic (exact) mass is 565 g/mol. The summed E-state index contributed by atoms with van der Waals surface area (Å²) in [6.45, 7) is 11.3. The summed E-state index contributed by atoms with van der Waals surface area (Å²) in [4.78, 5) is 17.3. The van der Waals surface area contributed by atoms with Crippen molar-refractivity contribution in [3.8, 4) is 0 Å². The van der Waals surface area contributed by atoms with Gasteiger partial charge in [0.2, 0.25) is 5.82 Å². The third-order valence-corrected chi connectivity index (χ3v) is 6.62. The van der Waals surface area contributed by atoms with Crippen LogP contribution in [0.1, 0.15) is 56.4 Å². The van der Waals surface area contributed by atoms with Crippen molar-refractivity contribution in [2.45, 2.75) is 45.7 Å². The summed E-state index contributed by atoms with van der Waals surface area (Å²) in [7, 11) is 0. The van der Waals surface area contributed by atoms with Crippen molar-refractivity contribution in [2.75, 3.05) is 24.8 Å². The lowest BCUT2D eigenvalue weighted by Crippen LogP contribution is -3.11. The molecule has 1 aliphatic rings. The number of quaternary nitrogens is 1. The normalized spacial score (nSPS) is 17.6. The van der Waals surface area contributed by atoms with E-state index in [1.165, 1.54) is 38.7 Å². The van der Waals surface area contributed by atoms with Crippen LogP contribution in [0.2, 0.25) is 0 Å². The zero-order chi connectivity index (χ0) is 29.2. The van der Waals surface area contributed by atoms with Gasteiger partial charge in [0, 0.05) is 17.6 Å². The minimum atomic E-state index is -0.889. The SMILES string of the molecule is C=C/C=C(\C=C/C)c1nc(C[NH+]2CCC(CC)CC2)no1.CCl.O=C(O)[C@H](Nc1ccccc1)c1ccccc1. The first-order valence-corrected chi connectivity index (χ1v) is 14.4. The number of likely N-dealkylation sites (tertiary alicyclic amines) is 1. The number of halogens is 1. The Morgan fingerprint density at radius 2 is 1.77 bits per heavy atom. The maximum absolute atomic E-state index is 11.2. The lowest BCUT2D eigenvalue weighted by atomic mass is 9.94. The number of nitrogens with zero attached hydrogens (tertiary/aromatic N) is 2. The summed E-state index contributed by atoms with van der Waals surface area (Å²) in [6, 6.07) is 17.7. The molecule has 3 N–H and O–H groups in total. The van der Waals surface area contributed by atoms with Crippen molar-refractivity contribution in [3.05, 3.63) is 109 Å². The molecule has 7 nitrogen and oxygen atoms in total. The molecule has 3 aromatic rings. The Bertz CT molecular complexity index is 1190. The molecule has 0 unspecified atom stereocenters. The highest BCUT2D eigenvalue weighted by Gasteiger charge is 2.23. The molecule has 1 saturated heterocycles. The second kappa shape index (κ2) is 18.6. The molecule has 214 valence electrons. The van der Waals surface area contributed by atoms with Crippen LogP contribution in [-0.2, 0) is 11.3 Å². The minimum Gasteiger partial charge on any atom is -0.479 e. The quantitative estimate of drug-likeness (QED) is 0.200. The van der Waals surface area contributed by atoms with E-state index in [2.05, 4.69) is 40.6 Å². The van der Waals surface area contributed by atoms with Gasteiger partial charge < -0.3 is 19.8 Å². The molecule has 0 amide bonds. The first kappa shape index (κ1) is 32.5. The molecule has 0 bridgehead atoms. The number of aliphatic carboxylic acids is 1. The third-order valence-electron chi connectivity index (χ3n) is 6.62. The maximum atomic E-state index is 11.2. The Hall–Kier alpha value is -3.68. The van der Waals surface area contributed by atoms with E-state index < -0.39 is 12.0 Å². The average molecular weight is 566 g/mol. The van der Waals surface area contributed by atoms with Crippen LogP contribution in [0.4, 0.5) is 5.69 Å². The highest BCUT2D eigenvalue weighted by atomic mass is 35.5. The van der Waals surface area contributed by atoms with E-state index in [1.807, 2.05) is 73.7 Å². The molecule has 2 aromatic carbocycles. The van der Waals surface area contributed by atoms with E-state index in [4.69, 9.17) is 4.52 Å². The number of anilines is 1. The fraction of sp³-hybridized carbons (Fsp3) is 0.344. The summed E-state index contributed by atoms with van der Waals surface area (Å²) in [5.41, 5.74) is 2.44. The smallest absolute Gasteiger partial charge is 0.330 e. The van der Waals surface area contributed by atoms with Crippen LogP contribution in [-0.4, -0.2) is 40.7 Å². The number of hydrogen-bond donors (Lipinski definition) is 3. The lowest BCUT2D eigenvalue weighted by molar-refractivity contribution is -0.920. The van der Waals surface area contributed by atoms with Gasteiger partial charge in [0.25, 0.3) is 5.89 Å². The van der Waals surface area contributed by atoms with Gasteiger partial charge in [-0.3, -0.25) is 0 Å². The molecule has 2 heterocycles. The van der Waals surface area contributed by atoms with Crippen LogP contribution in [0, 0.1) is 5.92 Å². The number of alkyl halides is 1. The van der Waals surface area contributed by atoms with Gasteiger partial charge in [-0.05, 0) is 43.4 Å². The Balaban J connectivity index is 0.000000269. The summed E-state index contributed by atoms with van der Waals surface area (Å²) >= 11 is 4.64. The number of carbonyl (C=O) groups is 1. The molecule has 1 aliphatic heterocycles. The van der Waals surface area contributed by atoms with Gasteiger partial charge in [-0.2, -0.15) is 4.98 Å². The number of hydrogen-bond acceptors (Lipinski definition) is 5. The molecule has 40 heavy (non-hydrogen) atoms. The van der Waals surface area contributed by atoms with Gasteiger partial charge in [0.1, 0.15) is 6.54 Å². The molecule has 0 aliphatic carbocycles. The summed E-state index contributed by atoms with van der Waals surface area (Å²) < 4.78 is 5.37. The zero-order valence-corrected chi connectivity index (χ0v) is 24.5. The van der Waals surface area contributed by atoms with Crippen molar-refractivity contribution < 1.29 is 19.3 Å². The van der Waals surface area contributed by atoms with E-state index in [0.29, 0.717) is 5.89 Å². The topological polar surface area (TPSA) is 92.7 Å². The average Bonchev–Trinajstić information content (AvgIpc) is 3.47. The molecule has 4 rings (SSSR count). The second-order valence-corrected chi connectivity index (χ2v) is 9.34. The molecular formula is C32H42ClN4O3+. The van der Waals surface area contributed by atoms with Crippen LogP contribution >= 0.6 is 11.6 Å². The highest BCUT2D eigenvalue weighted by Crippen LogP contribution is 2.19. The number of allylic oxidation sites excluding steroid dienone is 5. The third kappa shape index (κ3) is 10.8. The lowest BCUT2D eigenvalue weighted by Gasteiger charge is -2.27. The van der Waals surface area contributed by atoms with Crippen LogP contribution < -0.4 is 10.2 Å². The van der Waals surface area contributed by atoms with E-state index in [1.54, 1.807) is 23.1 Å². The van der Waals surface area contributed by atoms with Gasteiger partial charge in [0.15, 0.2) is 6.04 Å². The Morgan fingerprint density at radius 3 is 2.33 bits per heavy atom. The van der Waals surface area contributed by atoms with E-state index >= 15 is 0 Å². The maximum Gasteiger partial charge on any atom is 0.330 e. The van der Waals surface area contributed by atoms with E-state index in [-0.39, 0.29) is 0 Å². The van der Waals surface area contributed by atoms with E-state index in [9.17, 15) is 9.90 Å². The Morgan fingerprint density at radius 1 is 1.15 bits per heavy atom. The number of rotatable bonds is 10. The van der Waals surface area contributed by atoms with Gasteiger partial charge in [-0.25, -0.2) is 4.79 Å². The van der Waals surface area contributed by atoms with Crippen LogP contribution in [0.25, 0.3) is 5.57 Å². The van der Waals surface area contributed by atoms with E-state index in [0.717, 1.165) is 35.1 Å². The summed E-state index contributed by atoms with van der Waals surface area (Å²) in [5.74, 6) is 1.40. The number of aromatic nitrogens is 2. The van der Waals surface area contributed by atoms with Gasteiger partial charge >= 0.3 is 5.97 Å². The molecule has 1 aromatic heterocycles. The van der Waals surface area contributed by atoms with Crippen molar-refractivity contribution in [3.63, 3.8) is 0 Å². The number of carboxylic acid groups (broad SMARTS) is 1. The standard InChI is InChI=1S/C17H25N3O.C14H13NO2.CH3Cl/c1-4-7-15(8-5-2)17-18-16(19-21-17)13-20-11-9-14(6-3)10-12-20;16-14(17)13(11-7-3-1-4-8-11)15-12-9-5-2-6-10-12;1-2/h4-5,7-8,14H,1,6,9-13H2,2-3H3;1-10,13,15H,(H,16,17);1H3/p+1/b8-5-,15-7+;;/t;13-;/m.1./s1. The highest BCUT2D eigenvalue weighted by molar-refractivity contribution is 6.15. The molecular weight excluding hydrogens is 524 g/mol. The fourth-order valence-corrected chi connectivity index (χ4v) is 4.48. The zero-order valence-electron chi connectivity index (χ0n) is 23.7. The minimum absolute atomic E-state index is 0.575. The molecule has 0 radical (unpaired) electrons. The summed E-state index contributed by atoms with van der Waals surface area (Å²) in [6.07, 6.45) is 12.9. The Labute approximate surface area is 243 Å². The molecule has 1 fully saturated rings. The predicted octanol–water partition coefficient (Wildman–Crippen LogP) is 6.20. The van der Waals surface area contributed by atoms with Crippen molar-refractivity contribution in [2.24, 2.45) is 5.92 Å². The second-order valence-electron chi connectivity index (χ2n) is 9.34. The molecule has 0 spiro atoms. The van der Waals surface area contributed by atoms with Crippen molar-refractivity contribution >= 4 is 28.8 Å². The number of para-hydroxylation sites is 1. The number of piperidine rings is 1. The number of nitrogens with one attached hydrogen (secondary N) is 2. The number of benzene rings is 2. The van der Waals surface area contributed by atoms with Crippen LogP contribution in [0.5, 0.6) is 0 Å². The largest absolute Gasteiger partial charge is 0.479 e. The van der Waals surface area contributed by atoms with Crippen molar-refractivity contribution in [1.29, 1.82) is 0 Å². The van der Waals surface area contributed by atoms with Gasteiger partial charge in [-0.15, -0.1) is 11.6 Å².